The zero-order chi connectivity index (χ0) is 21.5. The average Bonchev–Trinajstić information content (AvgIpc) is 3.27. The third kappa shape index (κ3) is 3.17. The first-order valence-corrected chi connectivity index (χ1v) is 11.0. The molecule has 6 rings (SSSR count). The van der Waals surface area contributed by atoms with Crippen molar-refractivity contribution in [3.63, 3.8) is 0 Å². The van der Waals surface area contributed by atoms with Gasteiger partial charge in [-0.05, 0) is 50.4 Å². The molecule has 0 bridgehead atoms. The average molecular weight is 414 g/mol. The highest BCUT2D eigenvalue weighted by atomic mass is 16.3. The van der Waals surface area contributed by atoms with Gasteiger partial charge in [0.05, 0.1) is 6.10 Å². The Morgan fingerprint density at radius 3 is 1.84 bits per heavy atom. The molecule has 0 aliphatic carbocycles. The Labute approximate surface area is 186 Å². The number of aliphatic hydroxyl groups excluding tert-OH is 1. The second-order valence-corrected chi connectivity index (χ2v) is 8.43. The van der Waals surface area contributed by atoms with E-state index in [0.717, 1.165) is 33.0 Å². The van der Waals surface area contributed by atoms with Crippen molar-refractivity contribution in [3.8, 4) is 0 Å². The van der Waals surface area contributed by atoms with Crippen LogP contribution in [0.1, 0.15) is 28.7 Å². The van der Waals surface area contributed by atoms with Gasteiger partial charge in [0.25, 0.3) is 0 Å². The smallest absolute Gasteiger partial charge is 0.0900 e. The van der Waals surface area contributed by atoms with E-state index in [1.165, 1.54) is 16.2 Å². The molecule has 0 saturated heterocycles. The predicted octanol–water partition coefficient (Wildman–Crippen LogP) is 7.34. The standard InChI is InChI=1S/C30H23NO/c32-30(25-16-14-21-8-2-4-10-23(21)18-25)29(27-19-31-28-12-6-5-11-26(27)28)24-15-13-20-7-1-3-9-22(20)17-24/h1-19,29-32H/t29-,30+/m0/s1. The molecule has 0 radical (unpaired) electrons. The first-order chi connectivity index (χ1) is 15.8. The SMILES string of the molecule is O[C@H](c1ccc2ccccc2c1)[C@@H](c1ccc2ccccc2c1)c1c[nH]c2ccccc12. The summed E-state index contributed by atoms with van der Waals surface area (Å²) in [5, 5.41) is 17.6. The van der Waals surface area contributed by atoms with Crippen LogP contribution in [0.25, 0.3) is 32.4 Å². The van der Waals surface area contributed by atoms with Gasteiger partial charge in [0, 0.05) is 23.0 Å². The summed E-state index contributed by atoms with van der Waals surface area (Å²) in [6.45, 7) is 0. The number of hydrogen-bond donors (Lipinski definition) is 2. The lowest BCUT2D eigenvalue weighted by atomic mass is 9.82. The van der Waals surface area contributed by atoms with E-state index < -0.39 is 6.10 Å². The fourth-order valence-electron chi connectivity index (χ4n) is 4.87. The number of aromatic nitrogens is 1. The maximum Gasteiger partial charge on any atom is 0.0900 e. The van der Waals surface area contributed by atoms with Gasteiger partial charge in [-0.3, -0.25) is 0 Å². The van der Waals surface area contributed by atoms with E-state index in [-0.39, 0.29) is 5.92 Å². The van der Waals surface area contributed by atoms with Gasteiger partial charge < -0.3 is 10.1 Å². The fourth-order valence-corrected chi connectivity index (χ4v) is 4.87. The molecule has 32 heavy (non-hydrogen) atoms. The molecule has 0 saturated carbocycles. The monoisotopic (exact) mass is 413 g/mol. The number of nitrogens with one attached hydrogen (secondary N) is 1. The fraction of sp³-hybridized carbons (Fsp3) is 0.0667. The second-order valence-electron chi connectivity index (χ2n) is 8.43. The minimum absolute atomic E-state index is 0.197. The van der Waals surface area contributed by atoms with Crippen molar-refractivity contribution in [3.05, 3.63) is 132 Å². The van der Waals surface area contributed by atoms with Crippen LogP contribution in [0.2, 0.25) is 0 Å². The molecule has 0 amide bonds. The highest BCUT2D eigenvalue weighted by Crippen LogP contribution is 2.41. The summed E-state index contributed by atoms with van der Waals surface area (Å²) in [6, 6.07) is 37.7. The number of hydrogen-bond acceptors (Lipinski definition) is 1. The molecule has 6 aromatic rings. The molecule has 0 fully saturated rings. The van der Waals surface area contributed by atoms with Crippen molar-refractivity contribution >= 4 is 32.4 Å². The van der Waals surface area contributed by atoms with E-state index in [4.69, 9.17) is 0 Å². The lowest BCUT2D eigenvalue weighted by Crippen LogP contribution is -2.12. The van der Waals surface area contributed by atoms with E-state index in [1.54, 1.807) is 0 Å². The minimum Gasteiger partial charge on any atom is -0.387 e. The van der Waals surface area contributed by atoms with Crippen LogP contribution in [0.3, 0.4) is 0 Å². The molecular weight excluding hydrogens is 390 g/mol. The molecule has 0 spiro atoms. The number of rotatable bonds is 4. The Balaban J connectivity index is 1.55. The summed E-state index contributed by atoms with van der Waals surface area (Å²) >= 11 is 0. The van der Waals surface area contributed by atoms with Gasteiger partial charge in [0.1, 0.15) is 0 Å². The van der Waals surface area contributed by atoms with Gasteiger partial charge in [-0.2, -0.15) is 0 Å². The zero-order valence-electron chi connectivity index (χ0n) is 17.6. The van der Waals surface area contributed by atoms with Crippen LogP contribution < -0.4 is 0 Å². The molecular formula is C30H23NO. The quantitative estimate of drug-likeness (QED) is 0.312. The Morgan fingerprint density at radius 1 is 0.562 bits per heavy atom. The summed E-state index contributed by atoms with van der Waals surface area (Å²) in [4.78, 5) is 3.40. The number of para-hydroxylation sites is 1. The number of aliphatic hydroxyl groups is 1. The molecule has 2 nitrogen and oxygen atoms in total. The third-order valence-corrected chi connectivity index (χ3v) is 6.52. The maximum absolute atomic E-state index is 11.8. The van der Waals surface area contributed by atoms with Crippen LogP contribution in [-0.2, 0) is 0 Å². The van der Waals surface area contributed by atoms with Crippen molar-refractivity contribution < 1.29 is 5.11 Å². The van der Waals surface area contributed by atoms with E-state index in [0.29, 0.717) is 0 Å². The van der Waals surface area contributed by atoms with E-state index in [9.17, 15) is 5.11 Å². The van der Waals surface area contributed by atoms with Gasteiger partial charge in [-0.1, -0.05) is 97.1 Å². The van der Waals surface area contributed by atoms with Crippen LogP contribution >= 0.6 is 0 Å². The summed E-state index contributed by atoms with van der Waals surface area (Å²) in [7, 11) is 0. The molecule has 0 unspecified atom stereocenters. The van der Waals surface area contributed by atoms with Crippen LogP contribution in [0.4, 0.5) is 0 Å². The van der Waals surface area contributed by atoms with Gasteiger partial charge in [-0.15, -0.1) is 0 Å². The second kappa shape index (κ2) is 7.67. The Hall–Kier alpha value is -3.88. The topological polar surface area (TPSA) is 36.0 Å². The lowest BCUT2D eigenvalue weighted by Gasteiger charge is -2.25. The lowest BCUT2D eigenvalue weighted by molar-refractivity contribution is 0.160. The molecule has 1 aromatic heterocycles. The summed E-state index contributed by atoms with van der Waals surface area (Å²) in [5.74, 6) is -0.197. The Morgan fingerprint density at radius 2 is 1.12 bits per heavy atom. The number of benzene rings is 5. The van der Waals surface area contributed by atoms with Crippen molar-refractivity contribution in [2.24, 2.45) is 0 Å². The Bertz CT molecular complexity index is 1560. The minimum atomic E-state index is -0.681. The van der Waals surface area contributed by atoms with Gasteiger partial charge >= 0.3 is 0 Å². The first-order valence-electron chi connectivity index (χ1n) is 11.0. The van der Waals surface area contributed by atoms with Crippen LogP contribution in [0.5, 0.6) is 0 Å². The highest BCUT2D eigenvalue weighted by Gasteiger charge is 2.27. The van der Waals surface area contributed by atoms with Gasteiger partial charge in [-0.25, -0.2) is 0 Å². The van der Waals surface area contributed by atoms with E-state index >= 15 is 0 Å². The maximum atomic E-state index is 11.8. The zero-order valence-corrected chi connectivity index (χ0v) is 17.6. The molecule has 2 atom stereocenters. The third-order valence-electron chi connectivity index (χ3n) is 6.52. The Kier molecular flexibility index (Phi) is 4.52. The number of H-pyrrole nitrogens is 1. The van der Waals surface area contributed by atoms with Crippen LogP contribution in [0.15, 0.2) is 115 Å². The molecule has 154 valence electrons. The van der Waals surface area contributed by atoms with Crippen LogP contribution in [-0.4, -0.2) is 10.1 Å². The number of aromatic amines is 1. The van der Waals surface area contributed by atoms with E-state index in [1.807, 2.05) is 18.2 Å². The molecule has 1 heterocycles. The van der Waals surface area contributed by atoms with E-state index in [2.05, 4.69) is 102 Å². The first kappa shape index (κ1) is 18.9. The van der Waals surface area contributed by atoms with Gasteiger partial charge in [0.15, 0.2) is 0 Å². The van der Waals surface area contributed by atoms with Crippen molar-refractivity contribution in [2.75, 3.05) is 0 Å². The summed E-state index contributed by atoms with van der Waals surface area (Å²) < 4.78 is 0. The van der Waals surface area contributed by atoms with Crippen molar-refractivity contribution in [1.82, 2.24) is 4.98 Å². The molecule has 5 aromatic carbocycles. The molecule has 0 aliphatic heterocycles. The summed E-state index contributed by atoms with van der Waals surface area (Å²) in [5.41, 5.74) is 4.22. The molecule has 2 heteroatoms. The van der Waals surface area contributed by atoms with Crippen molar-refractivity contribution in [1.29, 1.82) is 0 Å². The largest absolute Gasteiger partial charge is 0.387 e. The van der Waals surface area contributed by atoms with Crippen LogP contribution in [0, 0.1) is 0 Å². The van der Waals surface area contributed by atoms with Crippen molar-refractivity contribution in [2.45, 2.75) is 12.0 Å². The highest BCUT2D eigenvalue weighted by molar-refractivity contribution is 5.87. The summed E-state index contributed by atoms with van der Waals surface area (Å²) in [6.07, 6.45) is 1.37. The normalized spacial score (nSPS) is 13.5. The molecule has 2 N–H and O–H groups in total. The molecule has 0 aliphatic rings. The number of fused-ring (bicyclic) bond motifs is 3. The van der Waals surface area contributed by atoms with Gasteiger partial charge in [0.2, 0.25) is 0 Å². The predicted molar refractivity (Wildman–Crippen MR) is 133 cm³/mol.